The summed E-state index contributed by atoms with van der Waals surface area (Å²) in [5.74, 6) is 0. The summed E-state index contributed by atoms with van der Waals surface area (Å²) in [5, 5.41) is 32.0. The van der Waals surface area contributed by atoms with Crippen molar-refractivity contribution in [2.24, 2.45) is 0 Å². The van der Waals surface area contributed by atoms with Gasteiger partial charge >= 0.3 is 0 Å². The first-order valence-corrected chi connectivity index (χ1v) is 5.16. The van der Waals surface area contributed by atoms with Gasteiger partial charge in [-0.05, 0) is 22.6 Å². The molecule has 0 spiro atoms. The first-order chi connectivity index (χ1) is 8.31. The van der Waals surface area contributed by atoms with E-state index in [-0.39, 0.29) is 13.2 Å². The van der Waals surface area contributed by atoms with E-state index in [9.17, 15) is 5.11 Å². The minimum atomic E-state index is -0.795. The number of anilines is 1. The van der Waals surface area contributed by atoms with E-state index in [0.29, 0.717) is 0 Å². The normalized spacial score (nSPS) is 12.4. The molecule has 0 aliphatic carbocycles. The number of benzene rings is 1. The first kappa shape index (κ1) is 11.5. The lowest BCUT2D eigenvalue weighted by Crippen LogP contribution is -2.23. The smallest absolute Gasteiger partial charge is 0.143 e. The Kier molecular flexibility index (Phi) is 3.63. The third kappa shape index (κ3) is 2.77. The van der Waals surface area contributed by atoms with E-state index in [1.807, 2.05) is 24.3 Å². The Labute approximate surface area is 97.7 Å². The van der Waals surface area contributed by atoms with Crippen LogP contribution in [0, 0.1) is 0 Å². The number of tetrazole rings is 1. The van der Waals surface area contributed by atoms with Crippen LogP contribution in [0.2, 0.25) is 0 Å². The van der Waals surface area contributed by atoms with Gasteiger partial charge in [-0.15, -0.1) is 5.10 Å². The Morgan fingerprint density at radius 3 is 2.88 bits per heavy atom. The summed E-state index contributed by atoms with van der Waals surface area (Å²) in [4.78, 5) is 0. The lowest BCUT2D eigenvalue weighted by molar-refractivity contribution is 0.105. The molecule has 0 saturated heterocycles. The van der Waals surface area contributed by atoms with Gasteiger partial charge in [-0.3, -0.25) is 0 Å². The minimum absolute atomic E-state index is 0.260. The van der Waals surface area contributed by atoms with Gasteiger partial charge < -0.3 is 15.5 Å². The molecule has 0 aliphatic rings. The molecular formula is C10H13N5O2. The maximum atomic E-state index is 9.28. The topological polar surface area (TPSA) is 96.1 Å². The van der Waals surface area contributed by atoms with Gasteiger partial charge in [0.05, 0.1) is 24.1 Å². The zero-order valence-electron chi connectivity index (χ0n) is 9.06. The van der Waals surface area contributed by atoms with E-state index in [0.717, 1.165) is 11.4 Å². The average Bonchev–Trinajstić information content (AvgIpc) is 2.90. The van der Waals surface area contributed by atoms with E-state index >= 15 is 0 Å². The SMILES string of the molecule is OCC(O)CNc1ccccc1-n1cnnn1. The molecule has 1 aromatic carbocycles. The largest absolute Gasteiger partial charge is 0.394 e. The molecule has 1 aromatic heterocycles. The summed E-state index contributed by atoms with van der Waals surface area (Å²) in [6.07, 6.45) is 0.695. The van der Waals surface area contributed by atoms with Crippen molar-refractivity contribution in [1.29, 1.82) is 0 Å². The summed E-state index contributed by atoms with van der Waals surface area (Å²) in [5.41, 5.74) is 1.56. The molecule has 2 rings (SSSR count). The number of hydrogen-bond acceptors (Lipinski definition) is 6. The molecule has 2 aromatic rings. The molecule has 17 heavy (non-hydrogen) atoms. The highest BCUT2D eigenvalue weighted by molar-refractivity contribution is 5.60. The first-order valence-electron chi connectivity index (χ1n) is 5.16. The highest BCUT2D eigenvalue weighted by Crippen LogP contribution is 2.17. The van der Waals surface area contributed by atoms with Gasteiger partial charge in [0.15, 0.2) is 0 Å². The van der Waals surface area contributed by atoms with Crippen LogP contribution in [-0.4, -0.2) is 49.7 Å². The van der Waals surface area contributed by atoms with E-state index in [1.54, 1.807) is 0 Å². The van der Waals surface area contributed by atoms with Crippen molar-refractivity contribution in [3.8, 4) is 5.69 Å². The van der Waals surface area contributed by atoms with Crippen molar-refractivity contribution < 1.29 is 10.2 Å². The summed E-state index contributed by atoms with van der Waals surface area (Å²) >= 11 is 0. The molecule has 0 radical (unpaired) electrons. The number of para-hydroxylation sites is 2. The van der Waals surface area contributed by atoms with Crippen LogP contribution in [0.4, 0.5) is 5.69 Å². The van der Waals surface area contributed by atoms with Gasteiger partial charge in [0.1, 0.15) is 6.33 Å². The molecule has 1 atom stereocenters. The van der Waals surface area contributed by atoms with Crippen molar-refractivity contribution in [2.75, 3.05) is 18.5 Å². The predicted molar refractivity (Wildman–Crippen MR) is 60.7 cm³/mol. The van der Waals surface area contributed by atoms with Gasteiger partial charge in [0, 0.05) is 6.54 Å². The number of aromatic nitrogens is 4. The van der Waals surface area contributed by atoms with E-state index in [2.05, 4.69) is 20.8 Å². The third-order valence-electron chi connectivity index (χ3n) is 2.24. The fourth-order valence-corrected chi connectivity index (χ4v) is 1.39. The average molecular weight is 235 g/mol. The van der Waals surface area contributed by atoms with Crippen LogP contribution in [0.1, 0.15) is 0 Å². The number of nitrogens with one attached hydrogen (secondary N) is 1. The molecule has 7 nitrogen and oxygen atoms in total. The van der Waals surface area contributed by atoms with E-state index in [1.165, 1.54) is 11.0 Å². The van der Waals surface area contributed by atoms with Crippen molar-refractivity contribution in [1.82, 2.24) is 20.2 Å². The number of rotatable bonds is 5. The second kappa shape index (κ2) is 5.37. The van der Waals surface area contributed by atoms with Gasteiger partial charge in [0.2, 0.25) is 0 Å². The number of aliphatic hydroxyl groups excluding tert-OH is 2. The molecule has 0 saturated carbocycles. The fourth-order valence-electron chi connectivity index (χ4n) is 1.39. The van der Waals surface area contributed by atoms with Crippen LogP contribution in [0.5, 0.6) is 0 Å². The Morgan fingerprint density at radius 1 is 1.35 bits per heavy atom. The molecule has 3 N–H and O–H groups in total. The minimum Gasteiger partial charge on any atom is -0.394 e. The molecule has 0 fully saturated rings. The van der Waals surface area contributed by atoms with Crippen LogP contribution in [0.25, 0.3) is 5.69 Å². The lowest BCUT2D eigenvalue weighted by Gasteiger charge is -2.13. The van der Waals surface area contributed by atoms with Gasteiger partial charge in [0.25, 0.3) is 0 Å². The zero-order chi connectivity index (χ0) is 12.1. The zero-order valence-corrected chi connectivity index (χ0v) is 9.06. The van der Waals surface area contributed by atoms with Crippen LogP contribution in [0.15, 0.2) is 30.6 Å². The Morgan fingerprint density at radius 2 is 2.18 bits per heavy atom. The standard InChI is InChI=1S/C10H13N5O2/c16-6-8(17)5-11-9-3-1-2-4-10(9)15-7-12-13-14-15/h1-4,7-8,11,16-17H,5-6H2. The number of aliphatic hydroxyl groups is 2. The van der Waals surface area contributed by atoms with Gasteiger partial charge in [-0.25, -0.2) is 0 Å². The van der Waals surface area contributed by atoms with Crippen molar-refractivity contribution >= 4 is 5.69 Å². The molecule has 1 heterocycles. The van der Waals surface area contributed by atoms with Crippen molar-refractivity contribution in [3.63, 3.8) is 0 Å². The molecule has 0 amide bonds. The van der Waals surface area contributed by atoms with Crippen LogP contribution in [0.3, 0.4) is 0 Å². The monoisotopic (exact) mass is 235 g/mol. The quantitative estimate of drug-likeness (QED) is 0.642. The summed E-state index contributed by atoms with van der Waals surface area (Å²) in [6.45, 7) is -0.0182. The molecule has 7 heteroatoms. The highest BCUT2D eigenvalue weighted by atomic mass is 16.3. The van der Waals surface area contributed by atoms with E-state index < -0.39 is 6.10 Å². The van der Waals surface area contributed by atoms with Crippen LogP contribution < -0.4 is 5.32 Å². The van der Waals surface area contributed by atoms with Crippen molar-refractivity contribution in [2.45, 2.75) is 6.10 Å². The Balaban J connectivity index is 2.17. The van der Waals surface area contributed by atoms with Crippen LogP contribution >= 0.6 is 0 Å². The summed E-state index contributed by atoms with van der Waals surface area (Å²) in [6, 6.07) is 7.43. The van der Waals surface area contributed by atoms with Gasteiger partial charge in [-0.1, -0.05) is 12.1 Å². The lowest BCUT2D eigenvalue weighted by atomic mass is 10.2. The Hall–Kier alpha value is -1.99. The number of hydrogen-bond donors (Lipinski definition) is 3. The maximum Gasteiger partial charge on any atom is 0.143 e. The molecule has 90 valence electrons. The summed E-state index contributed by atoms with van der Waals surface area (Å²) in [7, 11) is 0. The number of nitrogens with zero attached hydrogens (tertiary/aromatic N) is 4. The molecule has 0 aliphatic heterocycles. The fraction of sp³-hybridized carbons (Fsp3) is 0.300. The molecular weight excluding hydrogens is 222 g/mol. The van der Waals surface area contributed by atoms with E-state index in [4.69, 9.17) is 5.11 Å². The van der Waals surface area contributed by atoms with Crippen LogP contribution in [-0.2, 0) is 0 Å². The second-order valence-corrected chi connectivity index (χ2v) is 3.49. The highest BCUT2D eigenvalue weighted by Gasteiger charge is 2.07. The predicted octanol–water partition coefficient (Wildman–Crippen LogP) is -0.573. The third-order valence-corrected chi connectivity index (χ3v) is 2.24. The molecule has 0 bridgehead atoms. The summed E-state index contributed by atoms with van der Waals surface area (Å²) < 4.78 is 1.52. The Bertz CT molecular complexity index is 459. The molecule has 1 unspecified atom stereocenters. The second-order valence-electron chi connectivity index (χ2n) is 3.49. The van der Waals surface area contributed by atoms with Crippen molar-refractivity contribution in [3.05, 3.63) is 30.6 Å². The van der Waals surface area contributed by atoms with Gasteiger partial charge in [-0.2, -0.15) is 4.68 Å². The maximum absolute atomic E-state index is 9.28.